The highest BCUT2D eigenvalue weighted by Gasteiger charge is 2.40. The van der Waals surface area contributed by atoms with Crippen molar-refractivity contribution in [2.45, 2.75) is 51.5 Å². The van der Waals surface area contributed by atoms with E-state index in [0.29, 0.717) is 23.9 Å². The second kappa shape index (κ2) is 7.30. The lowest BCUT2D eigenvalue weighted by Crippen LogP contribution is -2.45. The average Bonchev–Trinajstić information content (AvgIpc) is 3.03. The van der Waals surface area contributed by atoms with E-state index in [1.807, 2.05) is 0 Å². The normalized spacial score (nSPS) is 36.6. The van der Waals surface area contributed by atoms with Gasteiger partial charge in [0.05, 0.1) is 6.54 Å². The molecule has 2 heterocycles. The highest BCUT2D eigenvalue weighted by atomic mass is 35.5. The van der Waals surface area contributed by atoms with Crippen molar-refractivity contribution in [3.05, 3.63) is 0 Å². The zero-order valence-electron chi connectivity index (χ0n) is 13.2. The highest BCUT2D eigenvalue weighted by Crippen LogP contribution is 2.35. The molecule has 3 aliphatic rings. The third kappa shape index (κ3) is 4.11. The van der Waals surface area contributed by atoms with Crippen LogP contribution in [0.4, 0.5) is 0 Å². The maximum Gasteiger partial charge on any atom is 0.234 e. The van der Waals surface area contributed by atoms with Gasteiger partial charge < -0.3 is 10.6 Å². The fourth-order valence-electron chi connectivity index (χ4n) is 4.29. The number of carbonyl (C=O) groups is 1. The molecule has 0 aromatic carbocycles. The van der Waals surface area contributed by atoms with Gasteiger partial charge in [-0.3, -0.25) is 9.69 Å². The predicted molar refractivity (Wildman–Crippen MR) is 87.8 cm³/mol. The molecule has 21 heavy (non-hydrogen) atoms. The van der Waals surface area contributed by atoms with Crippen molar-refractivity contribution < 1.29 is 4.79 Å². The molecule has 0 bridgehead atoms. The minimum absolute atomic E-state index is 0. The van der Waals surface area contributed by atoms with Crippen LogP contribution in [0.15, 0.2) is 0 Å². The van der Waals surface area contributed by atoms with Gasteiger partial charge in [-0.2, -0.15) is 0 Å². The standard InChI is InChI=1S/C16H29N3O.ClH/c1-13-4-2-3-5-14(13)18-15(20)10-19-9-7-16(12-19)6-8-17-11-16;/h13-14,17H,2-12H2,1H3,(H,18,20);1H. The van der Waals surface area contributed by atoms with E-state index in [0.717, 1.165) is 26.2 Å². The van der Waals surface area contributed by atoms with E-state index in [1.165, 1.54) is 38.5 Å². The number of rotatable bonds is 3. The minimum Gasteiger partial charge on any atom is -0.352 e. The summed E-state index contributed by atoms with van der Waals surface area (Å²) < 4.78 is 0. The van der Waals surface area contributed by atoms with Gasteiger partial charge >= 0.3 is 0 Å². The van der Waals surface area contributed by atoms with E-state index in [9.17, 15) is 4.79 Å². The molecule has 1 saturated carbocycles. The van der Waals surface area contributed by atoms with Crippen LogP contribution in [0.2, 0.25) is 0 Å². The molecular weight excluding hydrogens is 286 g/mol. The van der Waals surface area contributed by atoms with Gasteiger partial charge in [-0.1, -0.05) is 19.8 Å². The van der Waals surface area contributed by atoms with E-state index in [4.69, 9.17) is 0 Å². The molecule has 3 rings (SSSR count). The first-order valence-corrected chi connectivity index (χ1v) is 8.39. The lowest BCUT2D eigenvalue weighted by Gasteiger charge is -2.30. The first-order chi connectivity index (χ1) is 9.67. The van der Waals surface area contributed by atoms with Crippen LogP contribution < -0.4 is 10.6 Å². The minimum atomic E-state index is 0. The van der Waals surface area contributed by atoms with E-state index in [-0.39, 0.29) is 18.3 Å². The second-order valence-corrected chi connectivity index (χ2v) is 7.32. The quantitative estimate of drug-likeness (QED) is 0.834. The Morgan fingerprint density at radius 2 is 2.14 bits per heavy atom. The lowest BCUT2D eigenvalue weighted by molar-refractivity contribution is -0.123. The molecule has 4 nitrogen and oxygen atoms in total. The van der Waals surface area contributed by atoms with Gasteiger partial charge in [0.2, 0.25) is 5.91 Å². The summed E-state index contributed by atoms with van der Waals surface area (Å²) in [6.07, 6.45) is 7.57. The summed E-state index contributed by atoms with van der Waals surface area (Å²) in [4.78, 5) is 14.6. The summed E-state index contributed by atoms with van der Waals surface area (Å²) in [5.74, 6) is 0.892. The van der Waals surface area contributed by atoms with E-state index < -0.39 is 0 Å². The van der Waals surface area contributed by atoms with Gasteiger partial charge in [0.1, 0.15) is 0 Å². The molecule has 0 aromatic heterocycles. The third-order valence-corrected chi connectivity index (χ3v) is 5.67. The topological polar surface area (TPSA) is 44.4 Å². The zero-order valence-corrected chi connectivity index (χ0v) is 14.0. The molecule has 0 aromatic rings. The zero-order chi connectivity index (χ0) is 14.0. The number of carbonyl (C=O) groups excluding carboxylic acids is 1. The maximum atomic E-state index is 12.2. The molecule has 1 aliphatic carbocycles. The van der Waals surface area contributed by atoms with Crippen molar-refractivity contribution in [3.63, 3.8) is 0 Å². The number of nitrogens with zero attached hydrogens (tertiary/aromatic N) is 1. The van der Waals surface area contributed by atoms with Crippen LogP contribution in [-0.4, -0.2) is 49.6 Å². The average molecular weight is 316 g/mol. The molecule has 2 saturated heterocycles. The van der Waals surface area contributed by atoms with Crippen molar-refractivity contribution in [2.75, 3.05) is 32.7 Å². The molecule has 1 spiro atoms. The number of amides is 1. The van der Waals surface area contributed by atoms with Crippen molar-refractivity contribution in [2.24, 2.45) is 11.3 Å². The Hall–Kier alpha value is -0.320. The highest BCUT2D eigenvalue weighted by molar-refractivity contribution is 5.85. The monoisotopic (exact) mass is 315 g/mol. The maximum absolute atomic E-state index is 12.2. The van der Waals surface area contributed by atoms with E-state index in [1.54, 1.807) is 0 Å². The third-order valence-electron chi connectivity index (χ3n) is 5.67. The predicted octanol–water partition coefficient (Wildman–Crippen LogP) is 1.79. The number of hydrogen-bond acceptors (Lipinski definition) is 3. The Bertz CT molecular complexity index is 357. The molecule has 3 fully saturated rings. The second-order valence-electron chi connectivity index (χ2n) is 7.32. The van der Waals surface area contributed by atoms with Gasteiger partial charge in [0, 0.05) is 19.1 Å². The fourth-order valence-corrected chi connectivity index (χ4v) is 4.29. The molecule has 1 amide bonds. The molecule has 0 radical (unpaired) electrons. The van der Waals surface area contributed by atoms with Crippen LogP contribution in [0.5, 0.6) is 0 Å². The molecule has 3 atom stereocenters. The van der Waals surface area contributed by atoms with Crippen molar-refractivity contribution >= 4 is 18.3 Å². The summed E-state index contributed by atoms with van der Waals surface area (Å²) >= 11 is 0. The Labute approximate surface area is 134 Å². The van der Waals surface area contributed by atoms with Crippen molar-refractivity contribution in [1.82, 2.24) is 15.5 Å². The van der Waals surface area contributed by atoms with Crippen molar-refractivity contribution in [3.8, 4) is 0 Å². The summed E-state index contributed by atoms with van der Waals surface area (Å²) in [6, 6.07) is 0.418. The van der Waals surface area contributed by atoms with Gasteiger partial charge in [-0.15, -0.1) is 12.4 Å². The van der Waals surface area contributed by atoms with E-state index in [2.05, 4.69) is 22.5 Å². The van der Waals surface area contributed by atoms with Crippen molar-refractivity contribution in [1.29, 1.82) is 0 Å². The van der Waals surface area contributed by atoms with Gasteiger partial charge in [0.25, 0.3) is 0 Å². The smallest absolute Gasteiger partial charge is 0.234 e. The molecule has 122 valence electrons. The Morgan fingerprint density at radius 3 is 2.86 bits per heavy atom. The summed E-state index contributed by atoms with van der Waals surface area (Å²) in [6.45, 7) is 7.37. The number of halogens is 1. The lowest BCUT2D eigenvalue weighted by atomic mass is 9.86. The molecular formula is C16H30ClN3O. The fraction of sp³-hybridized carbons (Fsp3) is 0.938. The summed E-state index contributed by atoms with van der Waals surface area (Å²) in [7, 11) is 0. The molecule has 2 N–H and O–H groups in total. The number of likely N-dealkylation sites (tertiary alicyclic amines) is 1. The van der Waals surface area contributed by atoms with Crippen LogP contribution in [-0.2, 0) is 4.79 Å². The molecule has 3 unspecified atom stereocenters. The number of nitrogens with one attached hydrogen (secondary N) is 2. The van der Waals surface area contributed by atoms with Crippen LogP contribution in [0, 0.1) is 11.3 Å². The van der Waals surface area contributed by atoms with E-state index >= 15 is 0 Å². The van der Waals surface area contributed by atoms with Crippen LogP contribution in [0.1, 0.15) is 45.4 Å². The van der Waals surface area contributed by atoms with Gasteiger partial charge in [-0.25, -0.2) is 0 Å². The van der Waals surface area contributed by atoms with Crippen LogP contribution in [0.3, 0.4) is 0 Å². The Morgan fingerprint density at radius 1 is 1.33 bits per heavy atom. The first-order valence-electron chi connectivity index (χ1n) is 8.39. The van der Waals surface area contributed by atoms with Crippen LogP contribution in [0.25, 0.3) is 0 Å². The SMILES string of the molecule is CC1CCCCC1NC(=O)CN1CCC2(CCNC2)C1.Cl. The molecule has 2 aliphatic heterocycles. The largest absolute Gasteiger partial charge is 0.352 e. The first kappa shape index (κ1) is 17.0. The summed E-state index contributed by atoms with van der Waals surface area (Å²) in [5, 5.41) is 6.75. The number of hydrogen-bond donors (Lipinski definition) is 2. The Kier molecular flexibility index (Phi) is 5.92. The van der Waals surface area contributed by atoms with Crippen LogP contribution >= 0.6 is 12.4 Å². The Balaban J connectivity index is 0.00000161. The molecule has 5 heteroatoms. The van der Waals surface area contributed by atoms with Gasteiger partial charge in [-0.05, 0) is 50.1 Å². The van der Waals surface area contributed by atoms with Gasteiger partial charge in [0.15, 0.2) is 0 Å². The summed E-state index contributed by atoms with van der Waals surface area (Å²) in [5.41, 5.74) is 0.471.